The van der Waals surface area contributed by atoms with E-state index in [1.54, 1.807) is 0 Å². The van der Waals surface area contributed by atoms with Crippen LogP contribution >= 0.6 is 0 Å². The van der Waals surface area contributed by atoms with E-state index in [9.17, 15) is 32.9 Å². The van der Waals surface area contributed by atoms with Gasteiger partial charge in [-0.2, -0.15) is 13.2 Å². The topological polar surface area (TPSA) is 105 Å². The molecular formula is C18H14F3N3O4. The van der Waals surface area contributed by atoms with E-state index < -0.39 is 45.5 Å². The summed E-state index contributed by atoms with van der Waals surface area (Å²) in [7, 11) is 0. The van der Waals surface area contributed by atoms with Gasteiger partial charge in [0.05, 0.1) is 27.7 Å². The number of carbonyl (C=O) groups is 1. The first kappa shape index (κ1) is 19.5. The molecule has 0 saturated carbocycles. The van der Waals surface area contributed by atoms with Gasteiger partial charge in [-0.15, -0.1) is 0 Å². The Morgan fingerprint density at radius 2 is 1.96 bits per heavy atom. The highest BCUT2D eigenvalue weighted by Crippen LogP contribution is 2.46. The molecule has 1 N–H and O–H groups in total. The molecule has 0 bridgehead atoms. The molecule has 2 unspecified atom stereocenters. The lowest BCUT2D eigenvalue weighted by Gasteiger charge is -2.31. The van der Waals surface area contributed by atoms with Crippen LogP contribution in [0.15, 0.2) is 40.2 Å². The number of hydrogen-bond acceptors (Lipinski definition) is 5. The molecule has 2 heterocycles. The van der Waals surface area contributed by atoms with Gasteiger partial charge >= 0.3 is 6.18 Å². The highest BCUT2D eigenvalue weighted by molar-refractivity contribution is 6.06. The number of nitrogens with zero attached hydrogens (tertiary/aromatic N) is 2. The fourth-order valence-corrected chi connectivity index (χ4v) is 3.58. The lowest BCUT2D eigenvalue weighted by molar-refractivity contribution is -0.385. The number of aromatic nitrogens is 1. The third-order valence-corrected chi connectivity index (χ3v) is 4.69. The summed E-state index contributed by atoms with van der Waals surface area (Å²) in [4.78, 5) is 41.3. The highest BCUT2D eigenvalue weighted by atomic mass is 19.4. The Morgan fingerprint density at radius 3 is 2.54 bits per heavy atom. The maximum Gasteiger partial charge on any atom is 0.416 e. The van der Waals surface area contributed by atoms with Gasteiger partial charge in [-0.25, -0.2) is 0 Å². The summed E-state index contributed by atoms with van der Waals surface area (Å²) in [5.41, 5.74) is -2.70. The number of alkyl halides is 3. The Bertz CT molecular complexity index is 1070. The van der Waals surface area contributed by atoms with Gasteiger partial charge in [0.1, 0.15) is 5.78 Å². The largest absolute Gasteiger partial charge is 0.416 e. The van der Waals surface area contributed by atoms with Crippen LogP contribution in [0.4, 0.5) is 24.5 Å². The monoisotopic (exact) mass is 393 g/mol. The average Bonchev–Trinajstić information content (AvgIpc) is 2.59. The minimum Gasteiger partial charge on any atom is -0.329 e. The fourth-order valence-electron chi connectivity index (χ4n) is 3.58. The SMILES string of the molecule is CC(=O)C1C(C)=Nc2cc[nH]c(=O)c2C1c1ccc([N+](=O)[O-])cc1C(F)(F)F. The van der Waals surface area contributed by atoms with Crippen LogP contribution < -0.4 is 5.56 Å². The quantitative estimate of drug-likeness (QED) is 0.633. The van der Waals surface area contributed by atoms with E-state index in [4.69, 9.17) is 0 Å². The van der Waals surface area contributed by atoms with E-state index in [1.807, 2.05) is 0 Å². The number of nitrogens with one attached hydrogen (secondary N) is 1. The molecule has 0 aliphatic carbocycles. The molecule has 7 nitrogen and oxygen atoms in total. The number of ketones is 1. The first-order valence-electron chi connectivity index (χ1n) is 8.15. The second-order valence-corrected chi connectivity index (χ2v) is 6.45. The number of pyridine rings is 1. The van der Waals surface area contributed by atoms with Gasteiger partial charge in [0.15, 0.2) is 0 Å². The molecule has 2 aromatic rings. The van der Waals surface area contributed by atoms with Gasteiger partial charge in [0, 0.05) is 30.0 Å². The molecule has 0 radical (unpaired) electrons. The normalized spacial score (nSPS) is 19.0. The average molecular weight is 393 g/mol. The predicted molar refractivity (Wildman–Crippen MR) is 93.9 cm³/mol. The highest BCUT2D eigenvalue weighted by Gasteiger charge is 2.43. The van der Waals surface area contributed by atoms with E-state index in [0.29, 0.717) is 6.07 Å². The zero-order valence-electron chi connectivity index (χ0n) is 14.7. The number of aliphatic imine (C=N–C) groups is 1. The number of benzene rings is 1. The molecule has 1 aliphatic rings. The Kier molecular flexibility index (Phi) is 4.66. The summed E-state index contributed by atoms with van der Waals surface area (Å²) in [6, 6.07) is 3.74. The minimum atomic E-state index is -4.92. The third kappa shape index (κ3) is 3.21. The Hall–Kier alpha value is -3.30. The van der Waals surface area contributed by atoms with Crippen LogP contribution in [0.25, 0.3) is 0 Å². The van der Waals surface area contributed by atoms with Crippen molar-refractivity contribution in [2.75, 3.05) is 0 Å². The van der Waals surface area contributed by atoms with Crippen LogP contribution in [0.5, 0.6) is 0 Å². The summed E-state index contributed by atoms with van der Waals surface area (Å²) in [5.74, 6) is -2.84. The second-order valence-electron chi connectivity index (χ2n) is 6.45. The molecule has 0 fully saturated rings. The standard InChI is InChI=1S/C18H14F3N3O4/c1-8-14(9(2)25)15(16-13(23-8)5-6-22-17(16)26)11-4-3-10(24(27)28)7-12(11)18(19,20)21/h3-7,14-15H,1-2H3,(H,22,26). The van der Waals surface area contributed by atoms with E-state index in [-0.39, 0.29) is 22.5 Å². The van der Waals surface area contributed by atoms with Crippen molar-refractivity contribution in [1.29, 1.82) is 0 Å². The van der Waals surface area contributed by atoms with Crippen molar-refractivity contribution < 1.29 is 22.9 Å². The van der Waals surface area contributed by atoms with Crippen molar-refractivity contribution in [3.63, 3.8) is 0 Å². The number of halogens is 3. The van der Waals surface area contributed by atoms with Crippen molar-refractivity contribution in [1.82, 2.24) is 4.98 Å². The van der Waals surface area contributed by atoms with Gasteiger partial charge in [-0.3, -0.25) is 24.7 Å². The van der Waals surface area contributed by atoms with Crippen LogP contribution in [0.1, 0.15) is 36.5 Å². The van der Waals surface area contributed by atoms with Gasteiger partial charge in [0.2, 0.25) is 0 Å². The van der Waals surface area contributed by atoms with Crippen LogP contribution in [0.3, 0.4) is 0 Å². The fraction of sp³-hybridized carbons (Fsp3) is 0.278. The van der Waals surface area contributed by atoms with E-state index in [2.05, 4.69) is 9.98 Å². The third-order valence-electron chi connectivity index (χ3n) is 4.69. The number of nitro groups is 1. The maximum atomic E-state index is 13.7. The van der Waals surface area contributed by atoms with E-state index in [0.717, 1.165) is 12.1 Å². The minimum absolute atomic E-state index is 0.0762. The number of non-ortho nitro benzene ring substituents is 1. The summed E-state index contributed by atoms with van der Waals surface area (Å²) in [5, 5.41) is 11.0. The summed E-state index contributed by atoms with van der Waals surface area (Å²) in [6.07, 6.45) is -3.61. The molecular weight excluding hydrogens is 379 g/mol. The number of aromatic amines is 1. The lowest BCUT2D eigenvalue weighted by Crippen LogP contribution is -2.35. The maximum absolute atomic E-state index is 13.7. The van der Waals surface area contributed by atoms with Gasteiger partial charge in [-0.05, 0) is 25.5 Å². The Morgan fingerprint density at radius 1 is 1.29 bits per heavy atom. The van der Waals surface area contributed by atoms with Gasteiger partial charge in [0.25, 0.3) is 11.2 Å². The number of rotatable bonds is 3. The van der Waals surface area contributed by atoms with Crippen molar-refractivity contribution in [2.45, 2.75) is 25.9 Å². The number of fused-ring (bicyclic) bond motifs is 1. The van der Waals surface area contributed by atoms with Crippen molar-refractivity contribution in [2.24, 2.45) is 10.9 Å². The van der Waals surface area contributed by atoms with E-state index in [1.165, 1.54) is 26.1 Å². The molecule has 28 heavy (non-hydrogen) atoms. The first-order valence-corrected chi connectivity index (χ1v) is 8.15. The molecule has 10 heteroatoms. The zero-order valence-corrected chi connectivity index (χ0v) is 14.7. The number of Topliss-reactive ketones (excluding diaryl/α,β-unsaturated/α-hetero) is 1. The molecule has 2 atom stereocenters. The number of carbonyl (C=O) groups excluding carboxylic acids is 1. The number of nitro benzene ring substituents is 1. The van der Waals surface area contributed by atoms with Crippen LogP contribution in [-0.4, -0.2) is 21.4 Å². The van der Waals surface area contributed by atoms with Gasteiger partial charge < -0.3 is 4.98 Å². The molecule has 3 rings (SSSR count). The number of hydrogen-bond donors (Lipinski definition) is 1. The van der Waals surface area contributed by atoms with Crippen LogP contribution in [-0.2, 0) is 11.0 Å². The molecule has 0 spiro atoms. The molecule has 0 amide bonds. The lowest BCUT2D eigenvalue weighted by atomic mass is 9.73. The van der Waals surface area contributed by atoms with Crippen LogP contribution in [0.2, 0.25) is 0 Å². The predicted octanol–water partition coefficient (Wildman–Crippen LogP) is 3.75. The molecule has 146 valence electrons. The summed E-state index contributed by atoms with van der Waals surface area (Å²) >= 11 is 0. The first-order chi connectivity index (χ1) is 13.0. The van der Waals surface area contributed by atoms with Crippen molar-refractivity contribution >= 4 is 22.9 Å². The summed E-state index contributed by atoms with van der Waals surface area (Å²) < 4.78 is 41.2. The molecule has 1 aliphatic heterocycles. The molecule has 1 aromatic carbocycles. The smallest absolute Gasteiger partial charge is 0.329 e. The Balaban J connectivity index is 2.38. The van der Waals surface area contributed by atoms with Gasteiger partial charge in [-0.1, -0.05) is 6.07 Å². The molecule has 1 aromatic heterocycles. The number of H-pyrrole nitrogens is 1. The molecule has 0 saturated heterocycles. The van der Waals surface area contributed by atoms with Crippen LogP contribution in [0, 0.1) is 16.0 Å². The Labute approximate surface area is 156 Å². The second kappa shape index (κ2) is 6.70. The van der Waals surface area contributed by atoms with Crippen molar-refractivity contribution in [3.8, 4) is 0 Å². The van der Waals surface area contributed by atoms with E-state index >= 15 is 0 Å². The summed E-state index contributed by atoms with van der Waals surface area (Å²) in [6.45, 7) is 2.71. The zero-order chi connectivity index (χ0) is 20.8. The van der Waals surface area contributed by atoms with Crippen molar-refractivity contribution in [3.05, 3.63) is 67.6 Å².